The Hall–Kier alpha value is -1.85. The number of rotatable bonds is 4. The van der Waals surface area contributed by atoms with Gasteiger partial charge in [0.05, 0.1) is 0 Å². The van der Waals surface area contributed by atoms with Crippen molar-refractivity contribution in [3.63, 3.8) is 0 Å². The van der Waals surface area contributed by atoms with Gasteiger partial charge in [-0.15, -0.1) is 0 Å². The molecule has 2 heterocycles. The van der Waals surface area contributed by atoms with Crippen LogP contribution in [-0.2, 0) is 11.2 Å². The summed E-state index contributed by atoms with van der Waals surface area (Å²) < 4.78 is 0. The zero-order valence-electron chi connectivity index (χ0n) is 12.4. The number of nitrogens with zero attached hydrogens (tertiary/aromatic N) is 3. The Morgan fingerprint density at radius 3 is 2.85 bits per heavy atom. The number of piperidine rings is 1. The molecular formula is C14H23N5O. The van der Waals surface area contributed by atoms with Crippen LogP contribution in [0.3, 0.4) is 0 Å². The number of carbonyl (C=O) groups is 1. The second-order valence-corrected chi connectivity index (χ2v) is 4.95. The van der Waals surface area contributed by atoms with Gasteiger partial charge in [0.1, 0.15) is 24.0 Å². The first-order valence-electron chi connectivity index (χ1n) is 7.22. The van der Waals surface area contributed by atoms with Crippen molar-refractivity contribution in [2.24, 2.45) is 0 Å². The maximum atomic E-state index is 12.1. The average molecular weight is 277 g/mol. The van der Waals surface area contributed by atoms with Crippen molar-refractivity contribution in [1.82, 2.24) is 15.3 Å². The van der Waals surface area contributed by atoms with Crippen LogP contribution in [0.25, 0.3) is 0 Å². The lowest BCUT2D eigenvalue weighted by atomic mass is 10.0. The maximum absolute atomic E-state index is 12.1. The summed E-state index contributed by atoms with van der Waals surface area (Å²) in [6.07, 6.45) is 5.45. The molecule has 1 aromatic rings. The third-order valence-corrected chi connectivity index (χ3v) is 3.84. The topological polar surface area (TPSA) is 70.2 Å². The zero-order valence-corrected chi connectivity index (χ0v) is 12.4. The minimum atomic E-state index is -0.126. The quantitative estimate of drug-likeness (QED) is 0.865. The van der Waals surface area contributed by atoms with E-state index in [1.807, 2.05) is 7.05 Å². The highest BCUT2D eigenvalue weighted by Crippen LogP contribution is 2.29. The van der Waals surface area contributed by atoms with Crippen LogP contribution in [0.4, 0.5) is 11.6 Å². The van der Waals surface area contributed by atoms with Gasteiger partial charge in [-0.25, -0.2) is 9.97 Å². The Kier molecular flexibility index (Phi) is 4.76. The van der Waals surface area contributed by atoms with Crippen molar-refractivity contribution in [2.75, 3.05) is 30.9 Å². The molecule has 2 rings (SSSR count). The van der Waals surface area contributed by atoms with Crippen molar-refractivity contribution in [1.29, 1.82) is 0 Å². The van der Waals surface area contributed by atoms with E-state index in [9.17, 15) is 4.79 Å². The van der Waals surface area contributed by atoms with E-state index in [1.165, 1.54) is 0 Å². The summed E-state index contributed by atoms with van der Waals surface area (Å²) in [5, 5.41) is 5.87. The van der Waals surface area contributed by atoms with E-state index in [0.717, 1.165) is 49.4 Å². The van der Waals surface area contributed by atoms with Gasteiger partial charge in [0.25, 0.3) is 0 Å². The lowest BCUT2D eigenvalue weighted by Gasteiger charge is -2.36. The number of carbonyl (C=O) groups excluding carboxylic acids is 1. The highest BCUT2D eigenvalue weighted by atomic mass is 16.2. The summed E-state index contributed by atoms with van der Waals surface area (Å²) >= 11 is 0. The molecule has 1 saturated heterocycles. The third-order valence-electron chi connectivity index (χ3n) is 3.84. The Balaban J connectivity index is 2.39. The van der Waals surface area contributed by atoms with Crippen LogP contribution < -0.4 is 15.5 Å². The molecule has 1 atom stereocenters. The van der Waals surface area contributed by atoms with E-state index >= 15 is 0 Å². The number of likely N-dealkylation sites (N-methyl/N-ethyl adjacent to an activating group) is 1. The highest BCUT2D eigenvalue weighted by molar-refractivity contribution is 5.85. The molecular weight excluding hydrogens is 254 g/mol. The molecule has 2 N–H and O–H groups in total. The maximum Gasteiger partial charge on any atom is 0.242 e. The van der Waals surface area contributed by atoms with E-state index in [2.05, 4.69) is 32.4 Å². The van der Waals surface area contributed by atoms with E-state index in [1.54, 1.807) is 13.4 Å². The summed E-state index contributed by atoms with van der Waals surface area (Å²) in [6, 6.07) is -0.126. The van der Waals surface area contributed by atoms with Gasteiger partial charge in [-0.2, -0.15) is 0 Å². The minimum Gasteiger partial charge on any atom is -0.373 e. The zero-order chi connectivity index (χ0) is 14.5. The number of hydrogen-bond donors (Lipinski definition) is 2. The van der Waals surface area contributed by atoms with Gasteiger partial charge in [0.15, 0.2) is 0 Å². The van der Waals surface area contributed by atoms with Crippen LogP contribution in [0.15, 0.2) is 6.33 Å². The molecule has 1 fully saturated rings. The predicted octanol–water partition coefficient (Wildman–Crippen LogP) is 1.19. The van der Waals surface area contributed by atoms with Crippen LogP contribution in [0.2, 0.25) is 0 Å². The number of nitrogens with one attached hydrogen (secondary N) is 2. The van der Waals surface area contributed by atoms with Gasteiger partial charge in [0.2, 0.25) is 5.91 Å². The summed E-state index contributed by atoms with van der Waals surface area (Å²) in [5.74, 6) is 1.80. The second kappa shape index (κ2) is 6.54. The van der Waals surface area contributed by atoms with Crippen LogP contribution >= 0.6 is 0 Å². The summed E-state index contributed by atoms with van der Waals surface area (Å²) in [7, 11) is 3.55. The van der Waals surface area contributed by atoms with Gasteiger partial charge in [-0.05, 0) is 25.7 Å². The monoisotopic (exact) mass is 277 g/mol. The molecule has 1 aliphatic rings. The molecule has 0 saturated carbocycles. The van der Waals surface area contributed by atoms with Crippen molar-refractivity contribution < 1.29 is 4.79 Å². The van der Waals surface area contributed by atoms with Crippen molar-refractivity contribution in [2.45, 2.75) is 38.6 Å². The van der Waals surface area contributed by atoms with E-state index in [4.69, 9.17) is 0 Å². The van der Waals surface area contributed by atoms with Gasteiger partial charge in [-0.3, -0.25) is 4.79 Å². The number of anilines is 2. The first-order valence-corrected chi connectivity index (χ1v) is 7.22. The molecule has 6 nitrogen and oxygen atoms in total. The first kappa shape index (κ1) is 14.6. The lowest BCUT2D eigenvalue weighted by Crippen LogP contribution is -2.49. The summed E-state index contributed by atoms with van der Waals surface area (Å²) in [4.78, 5) is 22.9. The third kappa shape index (κ3) is 2.69. The molecule has 0 bridgehead atoms. The van der Waals surface area contributed by atoms with Crippen molar-refractivity contribution in [3.8, 4) is 0 Å². The Bertz CT molecular complexity index is 477. The van der Waals surface area contributed by atoms with Crippen molar-refractivity contribution in [3.05, 3.63) is 11.9 Å². The van der Waals surface area contributed by atoms with Gasteiger partial charge in [-0.1, -0.05) is 6.92 Å². The van der Waals surface area contributed by atoms with Gasteiger partial charge >= 0.3 is 0 Å². The molecule has 110 valence electrons. The smallest absolute Gasteiger partial charge is 0.242 e. The molecule has 1 aromatic heterocycles. The van der Waals surface area contributed by atoms with Crippen LogP contribution in [-0.4, -0.2) is 42.6 Å². The average Bonchev–Trinajstić information content (AvgIpc) is 2.53. The van der Waals surface area contributed by atoms with Gasteiger partial charge < -0.3 is 15.5 Å². The Morgan fingerprint density at radius 1 is 1.40 bits per heavy atom. The van der Waals surface area contributed by atoms with Crippen LogP contribution in [0.1, 0.15) is 31.7 Å². The lowest BCUT2D eigenvalue weighted by molar-refractivity contribution is -0.122. The second-order valence-electron chi connectivity index (χ2n) is 4.95. The van der Waals surface area contributed by atoms with Crippen molar-refractivity contribution >= 4 is 17.5 Å². The minimum absolute atomic E-state index is 0.0661. The fourth-order valence-corrected chi connectivity index (χ4v) is 2.82. The SMILES string of the molecule is CCc1c(NC)ncnc1N1CCCCC1C(=O)NC. The van der Waals surface area contributed by atoms with Crippen LogP contribution in [0.5, 0.6) is 0 Å². The fourth-order valence-electron chi connectivity index (χ4n) is 2.82. The molecule has 1 unspecified atom stereocenters. The largest absolute Gasteiger partial charge is 0.373 e. The molecule has 0 radical (unpaired) electrons. The van der Waals surface area contributed by atoms with E-state index in [0.29, 0.717) is 0 Å². The van der Waals surface area contributed by atoms with Crippen LogP contribution in [0, 0.1) is 0 Å². The Labute approximate surface area is 120 Å². The predicted molar refractivity (Wildman–Crippen MR) is 80.0 cm³/mol. The molecule has 0 spiro atoms. The molecule has 0 aromatic carbocycles. The fraction of sp³-hybridized carbons (Fsp3) is 0.643. The number of amides is 1. The van der Waals surface area contributed by atoms with Gasteiger partial charge in [0, 0.05) is 26.2 Å². The first-order chi connectivity index (χ1) is 9.72. The number of aromatic nitrogens is 2. The molecule has 6 heteroatoms. The number of hydrogen-bond acceptors (Lipinski definition) is 5. The highest BCUT2D eigenvalue weighted by Gasteiger charge is 2.30. The molecule has 1 amide bonds. The standard InChI is InChI=1S/C14H23N5O/c1-4-10-12(15-2)17-9-18-13(10)19-8-6-5-7-11(19)14(20)16-3/h9,11H,4-8H2,1-3H3,(H,16,20)(H,15,17,18). The molecule has 0 aliphatic carbocycles. The van der Waals surface area contributed by atoms with E-state index in [-0.39, 0.29) is 11.9 Å². The normalized spacial score (nSPS) is 18.8. The Morgan fingerprint density at radius 2 is 2.20 bits per heavy atom. The van der Waals surface area contributed by atoms with E-state index < -0.39 is 0 Å². The summed E-state index contributed by atoms with van der Waals surface area (Å²) in [6.45, 7) is 2.95. The molecule has 1 aliphatic heterocycles. The summed E-state index contributed by atoms with van der Waals surface area (Å²) in [5.41, 5.74) is 1.07. The molecule has 20 heavy (non-hydrogen) atoms.